The molecule has 0 saturated carbocycles. The van der Waals surface area contributed by atoms with E-state index in [2.05, 4.69) is 13.0 Å². The van der Waals surface area contributed by atoms with E-state index in [0.29, 0.717) is 17.2 Å². The number of aryl methyl sites for hydroxylation is 1. The smallest absolute Gasteiger partial charge is 0.340 e. The van der Waals surface area contributed by atoms with Gasteiger partial charge in [0.1, 0.15) is 0 Å². The maximum absolute atomic E-state index is 12.8. The van der Waals surface area contributed by atoms with Gasteiger partial charge in [0.15, 0.2) is 0 Å². The van der Waals surface area contributed by atoms with E-state index in [1.807, 2.05) is 54.1 Å². The highest BCUT2D eigenvalue weighted by Gasteiger charge is 2.20. The Hall–Kier alpha value is -2.52. The maximum atomic E-state index is 12.8. The molecule has 3 nitrogen and oxygen atoms in total. The van der Waals surface area contributed by atoms with Crippen molar-refractivity contribution >= 4 is 50.1 Å². The Morgan fingerprint density at radius 2 is 1.92 bits per heavy atom. The van der Waals surface area contributed by atoms with E-state index in [9.17, 15) is 4.79 Å². The summed E-state index contributed by atoms with van der Waals surface area (Å²) < 4.78 is 7.56. The minimum Gasteiger partial charge on any atom is -0.462 e. The Balaban J connectivity index is 2.07. The second-order valence-electron chi connectivity index (χ2n) is 6.58. The molecule has 0 atom stereocenters. The third kappa shape index (κ3) is 2.63. The first-order chi connectivity index (χ1) is 12.6. The molecule has 4 heteroatoms. The molecular weight excluding hydrogens is 346 g/mol. The highest BCUT2D eigenvalue weighted by atomic mass is 35.5. The van der Waals surface area contributed by atoms with E-state index < -0.39 is 0 Å². The van der Waals surface area contributed by atoms with Gasteiger partial charge in [-0.1, -0.05) is 55.3 Å². The lowest BCUT2D eigenvalue weighted by atomic mass is 10.00. The lowest BCUT2D eigenvalue weighted by Gasteiger charge is -2.10. The standard InChI is InChI=1S/C22H20ClNO2/c1-3-4-11-26-22(25)18-12-14-7-5-6-8-16(14)20-17-10-9-15(23)13-19(17)24(2)21(18)20/h5-10,12-13H,3-4,11H2,1-2H3. The van der Waals surface area contributed by atoms with E-state index in [1.165, 1.54) is 0 Å². The van der Waals surface area contributed by atoms with E-state index in [1.54, 1.807) is 0 Å². The van der Waals surface area contributed by atoms with Gasteiger partial charge in [0.25, 0.3) is 0 Å². The van der Waals surface area contributed by atoms with Crippen LogP contribution < -0.4 is 0 Å². The molecule has 3 aromatic carbocycles. The van der Waals surface area contributed by atoms with Crippen molar-refractivity contribution in [1.29, 1.82) is 0 Å². The fourth-order valence-electron chi connectivity index (χ4n) is 3.61. The van der Waals surface area contributed by atoms with Gasteiger partial charge in [-0.2, -0.15) is 0 Å². The van der Waals surface area contributed by atoms with E-state index in [0.717, 1.165) is 45.4 Å². The van der Waals surface area contributed by atoms with Gasteiger partial charge in [0, 0.05) is 22.8 Å². The molecule has 1 aromatic heterocycles. The maximum Gasteiger partial charge on any atom is 0.340 e. The highest BCUT2D eigenvalue weighted by molar-refractivity contribution is 6.32. The number of carbonyl (C=O) groups is 1. The summed E-state index contributed by atoms with van der Waals surface area (Å²) in [6, 6.07) is 15.9. The zero-order valence-corrected chi connectivity index (χ0v) is 15.6. The van der Waals surface area contributed by atoms with Crippen LogP contribution in [-0.2, 0) is 11.8 Å². The topological polar surface area (TPSA) is 31.2 Å². The molecule has 0 fully saturated rings. The van der Waals surface area contributed by atoms with Crippen LogP contribution in [0.4, 0.5) is 0 Å². The van der Waals surface area contributed by atoms with Crippen LogP contribution in [0.15, 0.2) is 48.5 Å². The van der Waals surface area contributed by atoms with Crippen molar-refractivity contribution in [3.63, 3.8) is 0 Å². The quantitative estimate of drug-likeness (QED) is 0.323. The minimum absolute atomic E-state index is 0.272. The van der Waals surface area contributed by atoms with Crippen LogP contribution in [0.3, 0.4) is 0 Å². The van der Waals surface area contributed by atoms with Crippen molar-refractivity contribution in [3.8, 4) is 0 Å². The van der Waals surface area contributed by atoms with Gasteiger partial charge >= 0.3 is 5.97 Å². The number of rotatable bonds is 4. The molecule has 4 aromatic rings. The van der Waals surface area contributed by atoms with Gasteiger partial charge in [-0.3, -0.25) is 0 Å². The molecule has 0 aliphatic rings. The summed E-state index contributed by atoms with van der Waals surface area (Å²) in [4.78, 5) is 12.8. The highest BCUT2D eigenvalue weighted by Crippen LogP contribution is 2.37. The summed E-state index contributed by atoms with van der Waals surface area (Å²) in [5, 5.41) is 5.00. The summed E-state index contributed by atoms with van der Waals surface area (Å²) in [5.41, 5.74) is 2.50. The van der Waals surface area contributed by atoms with Crippen LogP contribution in [0.5, 0.6) is 0 Å². The second-order valence-corrected chi connectivity index (χ2v) is 7.02. The van der Waals surface area contributed by atoms with Gasteiger partial charge < -0.3 is 9.30 Å². The fourth-order valence-corrected chi connectivity index (χ4v) is 3.78. The molecule has 0 radical (unpaired) electrons. The number of carbonyl (C=O) groups excluding carboxylic acids is 1. The first-order valence-electron chi connectivity index (χ1n) is 8.88. The van der Waals surface area contributed by atoms with Gasteiger partial charge in [-0.25, -0.2) is 4.79 Å². The van der Waals surface area contributed by atoms with Crippen LogP contribution in [0.2, 0.25) is 5.02 Å². The molecule has 0 aliphatic carbocycles. The van der Waals surface area contributed by atoms with Crippen molar-refractivity contribution in [3.05, 3.63) is 59.1 Å². The van der Waals surface area contributed by atoms with E-state index in [4.69, 9.17) is 16.3 Å². The molecule has 0 amide bonds. The number of fused-ring (bicyclic) bond motifs is 5. The Bertz CT molecular complexity index is 1140. The largest absolute Gasteiger partial charge is 0.462 e. The summed E-state index contributed by atoms with van der Waals surface area (Å²) in [6.07, 6.45) is 1.86. The number of halogens is 1. The fraction of sp³-hybridized carbons (Fsp3) is 0.227. The third-order valence-electron chi connectivity index (χ3n) is 4.90. The molecule has 0 bridgehead atoms. The molecule has 0 unspecified atom stereocenters. The lowest BCUT2D eigenvalue weighted by Crippen LogP contribution is -2.08. The Kier molecular flexibility index (Phi) is 4.33. The zero-order valence-electron chi connectivity index (χ0n) is 14.9. The first kappa shape index (κ1) is 16.9. The average molecular weight is 366 g/mol. The number of hydrogen-bond acceptors (Lipinski definition) is 2. The van der Waals surface area contributed by atoms with Crippen LogP contribution in [-0.4, -0.2) is 17.1 Å². The first-order valence-corrected chi connectivity index (χ1v) is 9.26. The molecule has 0 spiro atoms. The number of nitrogens with zero attached hydrogens (tertiary/aromatic N) is 1. The third-order valence-corrected chi connectivity index (χ3v) is 5.13. The molecule has 132 valence electrons. The number of hydrogen-bond donors (Lipinski definition) is 0. The van der Waals surface area contributed by atoms with Crippen LogP contribution in [0, 0.1) is 0 Å². The van der Waals surface area contributed by atoms with Gasteiger partial charge in [0.05, 0.1) is 23.2 Å². The van der Waals surface area contributed by atoms with Crippen molar-refractivity contribution in [2.24, 2.45) is 7.05 Å². The second kappa shape index (κ2) is 6.65. The number of benzene rings is 3. The van der Waals surface area contributed by atoms with Crippen molar-refractivity contribution < 1.29 is 9.53 Å². The summed E-state index contributed by atoms with van der Waals surface area (Å²) in [5.74, 6) is -0.272. The number of esters is 1. The van der Waals surface area contributed by atoms with E-state index in [-0.39, 0.29) is 5.97 Å². The lowest BCUT2D eigenvalue weighted by molar-refractivity contribution is 0.0502. The molecular formula is C22H20ClNO2. The van der Waals surface area contributed by atoms with Gasteiger partial charge in [-0.15, -0.1) is 0 Å². The van der Waals surface area contributed by atoms with Crippen molar-refractivity contribution in [2.75, 3.05) is 6.61 Å². The molecule has 4 rings (SSSR count). The summed E-state index contributed by atoms with van der Waals surface area (Å²) in [6.45, 7) is 2.52. The predicted molar refractivity (Wildman–Crippen MR) is 108 cm³/mol. The molecule has 1 heterocycles. The van der Waals surface area contributed by atoms with Gasteiger partial charge in [-0.05, 0) is 35.4 Å². The average Bonchev–Trinajstić information content (AvgIpc) is 2.94. The monoisotopic (exact) mass is 365 g/mol. The molecule has 0 saturated heterocycles. The SMILES string of the molecule is CCCCOC(=O)c1cc2ccccc2c2c3ccc(Cl)cc3n(C)c12. The Morgan fingerprint density at radius 1 is 1.12 bits per heavy atom. The van der Waals surface area contributed by atoms with Crippen LogP contribution in [0.25, 0.3) is 32.6 Å². The minimum atomic E-state index is -0.272. The Morgan fingerprint density at radius 3 is 2.73 bits per heavy atom. The predicted octanol–water partition coefficient (Wildman–Crippen LogP) is 6.10. The number of ether oxygens (including phenoxy) is 1. The molecule has 26 heavy (non-hydrogen) atoms. The Labute approximate surface area is 157 Å². The van der Waals surface area contributed by atoms with E-state index >= 15 is 0 Å². The van der Waals surface area contributed by atoms with Crippen molar-refractivity contribution in [2.45, 2.75) is 19.8 Å². The van der Waals surface area contributed by atoms with Crippen LogP contribution in [0.1, 0.15) is 30.1 Å². The zero-order chi connectivity index (χ0) is 18.3. The summed E-state index contributed by atoms with van der Waals surface area (Å²) in [7, 11) is 1.97. The normalized spacial score (nSPS) is 11.5. The molecule has 0 aliphatic heterocycles. The number of unbranched alkanes of at least 4 members (excludes halogenated alkanes) is 1. The summed E-state index contributed by atoms with van der Waals surface area (Å²) >= 11 is 6.22. The molecule has 0 N–H and O–H groups in total. The van der Waals surface area contributed by atoms with Crippen molar-refractivity contribution in [1.82, 2.24) is 4.57 Å². The van der Waals surface area contributed by atoms with Gasteiger partial charge in [0.2, 0.25) is 0 Å². The number of aromatic nitrogens is 1. The van der Waals surface area contributed by atoms with Crippen LogP contribution >= 0.6 is 11.6 Å².